The smallest absolute Gasteiger partial charge is 0.209 e. The Labute approximate surface area is 202 Å². The summed E-state index contributed by atoms with van der Waals surface area (Å²) in [4.78, 5) is 43.9. The average Bonchev–Trinajstić information content (AvgIpc) is 2.77. The van der Waals surface area contributed by atoms with Gasteiger partial charge < -0.3 is 25.3 Å². The van der Waals surface area contributed by atoms with Crippen molar-refractivity contribution in [3.8, 4) is 5.75 Å². The number of aromatic hydroxyl groups is 1. The number of carbonyl (C=O) groups is 3. The van der Waals surface area contributed by atoms with Gasteiger partial charge in [-0.15, -0.1) is 0 Å². The Kier molecular flexibility index (Phi) is 6.09. The lowest BCUT2D eigenvalue weighted by Crippen LogP contribution is -2.56. The van der Waals surface area contributed by atoms with Crippen LogP contribution < -0.4 is 0 Å². The summed E-state index contributed by atoms with van der Waals surface area (Å²) in [5.41, 5.74) is -1.52. The highest BCUT2D eigenvalue weighted by atomic mass is 16.6. The number of hydrogen-bond donors (Lipinski definition) is 4. The van der Waals surface area contributed by atoms with Gasteiger partial charge in [-0.2, -0.15) is 0 Å². The van der Waals surface area contributed by atoms with Gasteiger partial charge in [0.15, 0.2) is 17.2 Å². The highest BCUT2D eigenvalue weighted by Crippen LogP contribution is 2.52. The lowest BCUT2D eigenvalue weighted by Gasteiger charge is -2.45. The minimum Gasteiger partial charge on any atom is -0.511 e. The van der Waals surface area contributed by atoms with Gasteiger partial charge >= 0.3 is 0 Å². The van der Waals surface area contributed by atoms with Gasteiger partial charge in [-0.25, -0.2) is 0 Å². The summed E-state index contributed by atoms with van der Waals surface area (Å²) in [6, 6.07) is 1.74. The lowest BCUT2D eigenvalue weighted by molar-refractivity contribution is -0.144. The number of fused-ring (bicyclic) bond motifs is 3. The predicted octanol–water partition coefficient (Wildman–Crippen LogP) is 3.01. The number of allylic oxidation sites excluding steroid dienone is 2. The van der Waals surface area contributed by atoms with E-state index in [9.17, 15) is 34.8 Å². The van der Waals surface area contributed by atoms with Crippen LogP contribution in [0, 0.1) is 11.8 Å². The van der Waals surface area contributed by atoms with E-state index in [2.05, 4.69) is 5.16 Å². The highest BCUT2D eigenvalue weighted by molar-refractivity contribution is 6.25. The molecule has 0 spiro atoms. The Bertz CT molecular complexity index is 1240. The van der Waals surface area contributed by atoms with Crippen molar-refractivity contribution in [2.75, 3.05) is 0 Å². The summed E-state index contributed by atoms with van der Waals surface area (Å²) in [5, 5.41) is 47.6. The van der Waals surface area contributed by atoms with Crippen LogP contribution in [-0.4, -0.2) is 55.7 Å². The fraction of sp³-hybridized carbons (Fsp3) is 0.462. The number of aryl methyl sites for hydroxylation is 1. The first-order valence-corrected chi connectivity index (χ1v) is 11.7. The van der Waals surface area contributed by atoms with Gasteiger partial charge in [-0.3, -0.25) is 14.4 Å². The van der Waals surface area contributed by atoms with Gasteiger partial charge in [0.25, 0.3) is 0 Å². The van der Waals surface area contributed by atoms with Crippen molar-refractivity contribution < 1.29 is 39.6 Å². The maximum absolute atomic E-state index is 13.7. The van der Waals surface area contributed by atoms with E-state index in [0.717, 1.165) is 12.5 Å². The zero-order valence-electron chi connectivity index (χ0n) is 20.1. The number of phenols is 1. The molecular weight excluding hydrogens is 454 g/mol. The highest BCUT2D eigenvalue weighted by Gasteiger charge is 2.59. The van der Waals surface area contributed by atoms with Crippen molar-refractivity contribution in [1.29, 1.82) is 0 Å². The van der Waals surface area contributed by atoms with Gasteiger partial charge in [0.1, 0.15) is 28.9 Å². The molecule has 35 heavy (non-hydrogen) atoms. The van der Waals surface area contributed by atoms with Gasteiger partial charge in [0.05, 0.1) is 11.8 Å². The third-order valence-corrected chi connectivity index (χ3v) is 7.13. The summed E-state index contributed by atoms with van der Waals surface area (Å²) in [7, 11) is 0. The molecule has 0 fully saturated rings. The topological polar surface area (TPSA) is 154 Å². The van der Waals surface area contributed by atoms with E-state index in [1.807, 2.05) is 6.92 Å². The number of rotatable bonds is 5. The molecule has 186 valence electrons. The molecule has 0 aromatic heterocycles. The normalized spacial score (nSPS) is 26.2. The summed E-state index contributed by atoms with van der Waals surface area (Å²) < 4.78 is 0. The molecule has 9 nitrogen and oxygen atoms in total. The fourth-order valence-corrected chi connectivity index (χ4v) is 5.52. The Morgan fingerprint density at radius 3 is 2.54 bits per heavy atom. The van der Waals surface area contributed by atoms with Crippen LogP contribution in [0.15, 0.2) is 33.9 Å². The van der Waals surface area contributed by atoms with Crippen LogP contribution in [0.1, 0.15) is 67.6 Å². The van der Waals surface area contributed by atoms with E-state index in [-0.39, 0.29) is 41.4 Å². The molecule has 4 rings (SSSR count). The second-order valence-electron chi connectivity index (χ2n) is 9.67. The Morgan fingerprint density at radius 2 is 1.94 bits per heavy atom. The van der Waals surface area contributed by atoms with Gasteiger partial charge in [0.2, 0.25) is 5.78 Å². The molecule has 0 saturated carbocycles. The third kappa shape index (κ3) is 3.65. The molecule has 9 heteroatoms. The zero-order chi connectivity index (χ0) is 25.8. The number of phenolic OH excluding ortho intramolecular Hbond substituents is 1. The molecule has 0 saturated heterocycles. The maximum Gasteiger partial charge on any atom is 0.209 e. The average molecular weight is 484 g/mol. The minimum atomic E-state index is -2.50. The van der Waals surface area contributed by atoms with E-state index >= 15 is 0 Å². The van der Waals surface area contributed by atoms with Crippen LogP contribution in [0.2, 0.25) is 0 Å². The molecule has 1 aromatic carbocycles. The number of ketones is 3. The standard InChI is InChI=1S/C26H29NO8/c1-5-13-6-15(10-27-35-11(2)3)22(30)21-17(13)8-14-7-16-9-18(29)19(12(4)28)24(32)26(16,34)25(33)20(14)23(21)31/h6,10-11,14,16,29-30,33-34H,5,7-9H2,1-4H3/b27-10+/t14-,16+,26-/m1/s1. The van der Waals surface area contributed by atoms with E-state index < -0.39 is 51.9 Å². The summed E-state index contributed by atoms with van der Waals surface area (Å²) in [6.07, 6.45) is 1.95. The fourth-order valence-electron chi connectivity index (χ4n) is 5.52. The molecule has 3 atom stereocenters. The monoisotopic (exact) mass is 483 g/mol. The zero-order valence-corrected chi connectivity index (χ0v) is 20.1. The van der Waals surface area contributed by atoms with Crippen LogP contribution >= 0.6 is 0 Å². The Morgan fingerprint density at radius 1 is 1.26 bits per heavy atom. The molecule has 1 aromatic rings. The van der Waals surface area contributed by atoms with E-state index in [4.69, 9.17) is 4.84 Å². The number of nitrogens with zero attached hydrogens (tertiary/aromatic N) is 1. The predicted molar refractivity (Wildman–Crippen MR) is 125 cm³/mol. The molecule has 4 N–H and O–H groups in total. The van der Waals surface area contributed by atoms with E-state index in [1.165, 1.54) is 6.21 Å². The van der Waals surface area contributed by atoms with E-state index in [0.29, 0.717) is 18.4 Å². The Balaban J connectivity index is 1.87. The molecule has 0 aliphatic heterocycles. The first kappa shape index (κ1) is 24.7. The first-order valence-electron chi connectivity index (χ1n) is 11.7. The second kappa shape index (κ2) is 8.64. The second-order valence-corrected chi connectivity index (χ2v) is 9.67. The van der Waals surface area contributed by atoms with Crippen LogP contribution in [0.3, 0.4) is 0 Å². The largest absolute Gasteiger partial charge is 0.511 e. The molecule has 3 aliphatic rings. The van der Waals surface area contributed by atoms with Crippen LogP contribution in [0.5, 0.6) is 5.75 Å². The number of benzene rings is 1. The maximum atomic E-state index is 13.7. The van der Waals surface area contributed by atoms with Crippen molar-refractivity contribution in [2.24, 2.45) is 17.0 Å². The molecule has 0 amide bonds. The van der Waals surface area contributed by atoms with Crippen molar-refractivity contribution in [1.82, 2.24) is 0 Å². The minimum absolute atomic E-state index is 0.0105. The van der Waals surface area contributed by atoms with Gasteiger partial charge in [0, 0.05) is 23.5 Å². The molecule has 3 aliphatic carbocycles. The molecule has 0 heterocycles. The first-order chi connectivity index (χ1) is 16.4. The quantitative estimate of drug-likeness (QED) is 0.283. The number of aliphatic hydroxyl groups is 3. The number of Topliss-reactive ketones (excluding diaryl/α,β-unsaturated/α-hetero) is 3. The van der Waals surface area contributed by atoms with Crippen molar-refractivity contribution in [3.63, 3.8) is 0 Å². The van der Waals surface area contributed by atoms with Crippen molar-refractivity contribution >= 4 is 23.6 Å². The van der Waals surface area contributed by atoms with Gasteiger partial charge in [-0.1, -0.05) is 12.1 Å². The summed E-state index contributed by atoms with van der Waals surface area (Å²) in [5.74, 6) is -5.55. The molecule has 0 bridgehead atoms. The number of aliphatic hydroxyl groups excluding tert-OH is 2. The lowest BCUT2D eigenvalue weighted by atomic mass is 9.59. The van der Waals surface area contributed by atoms with Crippen molar-refractivity contribution in [2.45, 2.75) is 65.1 Å². The summed E-state index contributed by atoms with van der Waals surface area (Å²) in [6.45, 7) is 6.58. The van der Waals surface area contributed by atoms with Crippen LogP contribution in [0.25, 0.3) is 0 Å². The number of hydrogen-bond acceptors (Lipinski definition) is 9. The molecule has 0 unspecified atom stereocenters. The van der Waals surface area contributed by atoms with Crippen LogP contribution in [-0.2, 0) is 27.3 Å². The molecule has 0 radical (unpaired) electrons. The molecular formula is C26H29NO8. The van der Waals surface area contributed by atoms with Gasteiger partial charge in [-0.05, 0) is 63.1 Å². The third-order valence-electron chi connectivity index (χ3n) is 7.13. The number of carbonyl (C=O) groups excluding carboxylic acids is 3. The SMILES string of the molecule is CCc1cc(/C=N/OC(C)C)c(O)c2c1C[C@H]1C[C@H]3CC(O)=C(C(C)=O)C(=O)[C@@]3(O)C(O)=C1C2=O. The van der Waals surface area contributed by atoms with Crippen molar-refractivity contribution in [3.05, 3.63) is 51.0 Å². The number of oxime groups is 1. The van der Waals surface area contributed by atoms with Crippen LogP contribution in [0.4, 0.5) is 0 Å². The summed E-state index contributed by atoms with van der Waals surface area (Å²) >= 11 is 0. The van der Waals surface area contributed by atoms with E-state index in [1.54, 1.807) is 19.9 Å². The Hall–Kier alpha value is -3.46.